The van der Waals surface area contributed by atoms with Crippen LogP contribution >= 0.6 is 11.6 Å². The number of anilines is 1. The second-order valence-corrected chi connectivity index (χ2v) is 5.63. The number of rotatable bonds is 5. The second kappa shape index (κ2) is 7.06. The van der Waals surface area contributed by atoms with Gasteiger partial charge in [-0.1, -0.05) is 11.6 Å². The lowest BCUT2D eigenvalue weighted by atomic mass is 9.97. The van der Waals surface area contributed by atoms with Gasteiger partial charge < -0.3 is 15.3 Å². The van der Waals surface area contributed by atoms with E-state index < -0.39 is 0 Å². The zero-order valence-corrected chi connectivity index (χ0v) is 12.4. The monoisotopic (exact) mass is 300 g/mol. The number of hydrogen-bond acceptors (Lipinski definition) is 5. The fraction of sp³-hybridized carbons (Fsp3) is 0.692. The van der Waals surface area contributed by atoms with E-state index in [1.54, 1.807) is 6.20 Å². The van der Waals surface area contributed by atoms with Crippen LogP contribution in [0, 0.1) is 5.92 Å². The highest BCUT2D eigenvalue weighted by molar-refractivity contribution is 6.32. The zero-order chi connectivity index (χ0) is 14.5. The maximum Gasteiger partial charge on any atom is 0.287 e. The fourth-order valence-corrected chi connectivity index (χ4v) is 2.58. The fourth-order valence-electron chi connectivity index (χ4n) is 2.36. The summed E-state index contributed by atoms with van der Waals surface area (Å²) in [4.78, 5) is 14.2. The van der Waals surface area contributed by atoms with Gasteiger partial charge in [-0.2, -0.15) is 5.10 Å². The van der Waals surface area contributed by atoms with Gasteiger partial charge in [-0.25, -0.2) is 4.68 Å². The van der Waals surface area contributed by atoms with Crippen LogP contribution in [0.25, 0.3) is 0 Å². The van der Waals surface area contributed by atoms with Crippen LogP contribution in [-0.2, 0) is 6.54 Å². The van der Waals surface area contributed by atoms with Crippen LogP contribution in [0.3, 0.4) is 0 Å². The summed E-state index contributed by atoms with van der Waals surface area (Å²) in [5.74, 6) is 0.599. The molecule has 1 aliphatic rings. The van der Waals surface area contributed by atoms with Crippen molar-refractivity contribution in [3.63, 3.8) is 0 Å². The number of piperidine rings is 1. The lowest BCUT2D eigenvalue weighted by Gasteiger charge is -2.29. The molecule has 1 fully saturated rings. The van der Waals surface area contributed by atoms with Gasteiger partial charge in [-0.3, -0.25) is 4.79 Å². The molecule has 0 bridgehead atoms. The van der Waals surface area contributed by atoms with E-state index in [4.69, 9.17) is 16.7 Å². The number of aromatic nitrogens is 2. The molecule has 1 aromatic rings. The number of aliphatic hydroxyl groups is 1. The first-order chi connectivity index (χ1) is 9.61. The molecule has 1 saturated heterocycles. The van der Waals surface area contributed by atoms with E-state index in [2.05, 4.69) is 22.4 Å². The third-order valence-electron chi connectivity index (χ3n) is 3.72. The SMILES string of the molecule is CN1CCC(CNc2cnn(CCO)c(=O)c2Cl)CC1. The van der Waals surface area contributed by atoms with Gasteiger partial charge in [0.2, 0.25) is 0 Å². The molecule has 20 heavy (non-hydrogen) atoms. The topological polar surface area (TPSA) is 70.4 Å². The van der Waals surface area contributed by atoms with Crippen LogP contribution in [0.15, 0.2) is 11.0 Å². The van der Waals surface area contributed by atoms with E-state index in [9.17, 15) is 4.79 Å². The first-order valence-corrected chi connectivity index (χ1v) is 7.28. The molecule has 0 amide bonds. The molecule has 2 N–H and O–H groups in total. The Morgan fingerprint density at radius 1 is 1.50 bits per heavy atom. The van der Waals surface area contributed by atoms with E-state index in [0.717, 1.165) is 32.5 Å². The first-order valence-electron chi connectivity index (χ1n) is 6.90. The minimum absolute atomic E-state index is 0.133. The summed E-state index contributed by atoms with van der Waals surface area (Å²) < 4.78 is 1.17. The van der Waals surface area contributed by atoms with E-state index in [0.29, 0.717) is 11.6 Å². The van der Waals surface area contributed by atoms with Crippen LogP contribution in [-0.4, -0.2) is 53.1 Å². The van der Waals surface area contributed by atoms with Crippen molar-refractivity contribution >= 4 is 17.3 Å². The van der Waals surface area contributed by atoms with Gasteiger partial charge in [0.05, 0.1) is 25.0 Å². The molecule has 0 unspecified atom stereocenters. The molecule has 0 atom stereocenters. The third-order valence-corrected chi connectivity index (χ3v) is 4.08. The van der Waals surface area contributed by atoms with Crippen molar-refractivity contribution in [2.75, 3.05) is 38.6 Å². The molecule has 2 rings (SSSR count). The third kappa shape index (κ3) is 3.71. The molecule has 2 heterocycles. The van der Waals surface area contributed by atoms with Crippen LogP contribution in [0.1, 0.15) is 12.8 Å². The van der Waals surface area contributed by atoms with Gasteiger partial charge in [0.25, 0.3) is 5.56 Å². The largest absolute Gasteiger partial charge is 0.394 e. The van der Waals surface area contributed by atoms with Gasteiger partial charge in [-0.05, 0) is 38.9 Å². The van der Waals surface area contributed by atoms with Crippen molar-refractivity contribution in [2.24, 2.45) is 5.92 Å². The highest BCUT2D eigenvalue weighted by atomic mass is 35.5. The van der Waals surface area contributed by atoms with Gasteiger partial charge in [0.15, 0.2) is 0 Å². The molecule has 0 aliphatic carbocycles. The van der Waals surface area contributed by atoms with Gasteiger partial charge >= 0.3 is 0 Å². The molecule has 112 valence electrons. The summed E-state index contributed by atoms with van der Waals surface area (Å²) >= 11 is 6.05. The zero-order valence-electron chi connectivity index (χ0n) is 11.7. The van der Waals surface area contributed by atoms with Crippen molar-refractivity contribution in [3.05, 3.63) is 21.6 Å². The molecule has 1 aromatic heterocycles. The summed E-state index contributed by atoms with van der Waals surface area (Å²) in [5, 5.41) is 16.2. The average molecular weight is 301 g/mol. The van der Waals surface area contributed by atoms with E-state index in [1.165, 1.54) is 4.68 Å². The molecule has 0 spiro atoms. The Balaban J connectivity index is 1.96. The normalized spacial score (nSPS) is 17.4. The standard InChI is InChI=1S/C13H21ClN4O2/c1-17-4-2-10(3-5-17)8-15-11-9-16-18(6-7-19)13(20)12(11)14/h9-10,15,19H,2-8H2,1H3. The van der Waals surface area contributed by atoms with Crippen molar-refractivity contribution in [3.8, 4) is 0 Å². The van der Waals surface area contributed by atoms with E-state index in [-0.39, 0.29) is 23.7 Å². The minimum Gasteiger partial charge on any atom is -0.394 e. The number of nitrogens with zero attached hydrogens (tertiary/aromatic N) is 3. The highest BCUT2D eigenvalue weighted by Gasteiger charge is 2.17. The maximum atomic E-state index is 11.9. The summed E-state index contributed by atoms with van der Waals surface area (Å²) in [7, 11) is 2.13. The molecule has 1 aliphatic heterocycles. The summed E-state index contributed by atoms with van der Waals surface area (Å²) in [6.45, 7) is 3.05. The lowest BCUT2D eigenvalue weighted by molar-refractivity contribution is 0.226. The number of halogens is 1. The summed E-state index contributed by atoms with van der Waals surface area (Å²) in [6.07, 6.45) is 3.85. The predicted molar refractivity (Wildman–Crippen MR) is 79.3 cm³/mol. The number of nitrogens with one attached hydrogen (secondary N) is 1. The van der Waals surface area contributed by atoms with Crippen molar-refractivity contribution < 1.29 is 5.11 Å². The molecular weight excluding hydrogens is 280 g/mol. The quantitative estimate of drug-likeness (QED) is 0.835. The predicted octanol–water partition coefficient (Wildman–Crippen LogP) is 0.643. The first kappa shape index (κ1) is 15.3. The maximum absolute atomic E-state index is 11.9. The highest BCUT2D eigenvalue weighted by Crippen LogP contribution is 2.19. The Kier molecular flexibility index (Phi) is 5.39. The van der Waals surface area contributed by atoms with Gasteiger partial charge in [0, 0.05) is 6.54 Å². The van der Waals surface area contributed by atoms with Crippen LogP contribution in [0.5, 0.6) is 0 Å². The number of likely N-dealkylation sites (tertiary alicyclic amines) is 1. The molecule has 0 saturated carbocycles. The Morgan fingerprint density at radius 2 is 2.20 bits per heavy atom. The molecular formula is C13H21ClN4O2. The Bertz CT molecular complexity index is 498. The Morgan fingerprint density at radius 3 is 2.85 bits per heavy atom. The smallest absolute Gasteiger partial charge is 0.287 e. The Hall–Kier alpha value is -1.11. The van der Waals surface area contributed by atoms with Crippen molar-refractivity contribution in [2.45, 2.75) is 19.4 Å². The van der Waals surface area contributed by atoms with Gasteiger partial charge in [0.1, 0.15) is 5.02 Å². The molecule has 0 radical (unpaired) electrons. The minimum atomic E-state index is -0.367. The molecule has 7 heteroatoms. The van der Waals surface area contributed by atoms with Crippen LogP contribution < -0.4 is 10.9 Å². The van der Waals surface area contributed by atoms with Crippen LogP contribution in [0.4, 0.5) is 5.69 Å². The van der Waals surface area contributed by atoms with Gasteiger partial charge in [-0.15, -0.1) is 0 Å². The molecule has 0 aromatic carbocycles. The lowest BCUT2D eigenvalue weighted by Crippen LogP contribution is -2.33. The summed E-state index contributed by atoms with van der Waals surface area (Å²) in [5.41, 5.74) is 0.207. The molecule has 6 nitrogen and oxygen atoms in total. The number of aliphatic hydroxyl groups excluding tert-OH is 1. The summed E-state index contributed by atoms with van der Waals surface area (Å²) in [6, 6.07) is 0. The van der Waals surface area contributed by atoms with Crippen LogP contribution in [0.2, 0.25) is 5.02 Å². The number of hydrogen-bond donors (Lipinski definition) is 2. The van der Waals surface area contributed by atoms with Crippen molar-refractivity contribution in [1.82, 2.24) is 14.7 Å². The second-order valence-electron chi connectivity index (χ2n) is 5.25. The Labute approximate surface area is 123 Å². The van der Waals surface area contributed by atoms with E-state index in [1.807, 2.05) is 0 Å². The van der Waals surface area contributed by atoms with E-state index >= 15 is 0 Å². The van der Waals surface area contributed by atoms with Crippen molar-refractivity contribution in [1.29, 1.82) is 0 Å². The average Bonchev–Trinajstić information content (AvgIpc) is 2.45.